The number of nitrogens with two attached hydrogens (primary N) is 1. The van der Waals surface area contributed by atoms with Gasteiger partial charge in [0.1, 0.15) is 5.82 Å². The van der Waals surface area contributed by atoms with Crippen molar-refractivity contribution >= 4 is 22.8 Å². The van der Waals surface area contributed by atoms with Crippen LogP contribution in [0, 0.1) is 0 Å². The van der Waals surface area contributed by atoms with E-state index in [1.165, 1.54) is 0 Å². The highest BCUT2D eigenvalue weighted by Gasteiger charge is 2.13. The number of nitrogens with one attached hydrogen (secondary N) is 3. The molecule has 0 saturated carbocycles. The van der Waals surface area contributed by atoms with E-state index in [0.717, 1.165) is 18.2 Å². The van der Waals surface area contributed by atoms with Crippen molar-refractivity contribution in [1.82, 2.24) is 20.2 Å². The maximum atomic E-state index is 5.36. The third-order valence-electron chi connectivity index (χ3n) is 2.78. The quantitative estimate of drug-likeness (QED) is 0.433. The molecule has 0 saturated heterocycles. The Morgan fingerprint density at radius 2 is 2.32 bits per heavy atom. The smallest absolute Gasteiger partial charge is 0.241 e. The highest BCUT2D eigenvalue weighted by Crippen LogP contribution is 2.21. The second-order valence-electron chi connectivity index (χ2n) is 4.26. The molecule has 1 unspecified atom stereocenters. The van der Waals surface area contributed by atoms with Crippen molar-refractivity contribution in [2.24, 2.45) is 5.84 Å². The first-order valence-electron chi connectivity index (χ1n) is 6.21. The Morgan fingerprint density at radius 3 is 3.00 bits per heavy atom. The molecule has 0 fully saturated rings. The number of methoxy groups -OCH3 is 1. The number of nitrogens with zero attached hydrogens (tertiary/aromatic N) is 3. The van der Waals surface area contributed by atoms with Crippen LogP contribution in [0.4, 0.5) is 11.8 Å². The predicted molar refractivity (Wildman–Crippen MR) is 73.7 cm³/mol. The molecule has 104 valence electrons. The van der Waals surface area contributed by atoms with Crippen LogP contribution in [-0.4, -0.2) is 39.9 Å². The van der Waals surface area contributed by atoms with Crippen molar-refractivity contribution in [1.29, 1.82) is 0 Å². The summed E-state index contributed by atoms with van der Waals surface area (Å²) in [6, 6.07) is 0.189. The summed E-state index contributed by atoms with van der Waals surface area (Å²) in [5.41, 5.74) is 3.08. The number of rotatable bonds is 7. The Labute approximate surface area is 111 Å². The first-order valence-corrected chi connectivity index (χ1v) is 6.21. The Bertz CT molecular complexity index is 521. The SMILES string of the molecule is CCCC(COC)Nc1nc(NN)nc2[nH]ncc12. The van der Waals surface area contributed by atoms with Gasteiger partial charge in [0.2, 0.25) is 5.95 Å². The van der Waals surface area contributed by atoms with Gasteiger partial charge in [0.15, 0.2) is 5.65 Å². The summed E-state index contributed by atoms with van der Waals surface area (Å²) in [6.07, 6.45) is 3.74. The largest absolute Gasteiger partial charge is 0.383 e. The monoisotopic (exact) mass is 265 g/mol. The maximum absolute atomic E-state index is 5.36. The van der Waals surface area contributed by atoms with Gasteiger partial charge in [-0.25, -0.2) is 5.84 Å². The van der Waals surface area contributed by atoms with Crippen LogP contribution in [0.5, 0.6) is 0 Å². The van der Waals surface area contributed by atoms with Gasteiger partial charge < -0.3 is 10.1 Å². The normalized spacial score (nSPS) is 12.6. The molecule has 2 aromatic heterocycles. The van der Waals surface area contributed by atoms with Gasteiger partial charge in [-0.2, -0.15) is 15.1 Å². The molecule has 1 atom stereocenters. The second kappa shape index (κ2) is 6.30. The number of fused-ring (bicyclic) bond motifs is 1. The van der Waals surface area contributed by atoms with Crippen LogP contribution in [0.2, 0.25) is 0 Å². The van der Waals surface area contributed by atoms with Crippen LogP contribution < -0.4 is 16.6 Å². The van der Waals surface area contributed by atoms with E-state index in [4.69, 9.17) is 10.6 Å². The number of hydrogen-bond donors (Lipinski definition) is 4. The van der Waals surface area contributed by atoms with E-state index in [1.807, 2.05) is 0 Å². The molecule has 19 heavy (non-hydrogen) atoms. The first-order chi connectivity index (χ1) is 9.28. The number of aromatic amines is 1. The zero-order valence-corrected chi connectivity index (χ0v) is 11.1. The number of anilines is 2. The topological polar surface area (TPSA) is 114 Å². The lowest BCUT2D eigenvalue weighted by Crippen LogP contribution is -2.25. The minimum absolute atomic E-state index is 0.189. The van der Waals surface area contributed by atoms with Crippen LogP contribution in [0.3, 0.4) is 0 Å². The molecule has 8 heteroatoms. The number of ether oxygens (including phenoxy) is 1. The molecular weight excluding hydrogens is 246 g/mol. The van der Waals surface area contributed by atoms with Crippen LogP contribution in [-0.2, 0) is 4.74 Å². The van der Waals surface area contributed by atoms with E-state index in [-0.39, 0.29) is 6.04 Å². The van der Waals surface area contributed by atoms with Gasteiger partial charge >= 0.3 is 0 Å². The van der Waals surface area contributed by atoms with E-state index in [9.17, 15) is 0 Å². The molecule has 5 N–H and O–H groups in total. The Balaban J connectivity index is 2.28. The summed E-state index contributed by atoms with van der Waals surface area (Å²) in [4.78, 5) is 8.50. The number of hydrazine groups is 1. The van der Waals surface area contributed by atoms with Crippen molar-refractivity contribution in [2.75, 3.05) is 24.5 Å². The Morgan fingerprint density at radius 1 is 1.47 bits per heavy atom. The fourth-order valence-corrected chi connectivity index (χ4v) is 1.95. The average molecular weight is 265 g/mol. The minimum Gasteiger partial charge on any atom is -0.383 e. The van der Waals surface area contributed by atoms with Crippen LogP contribution >= 0.6 is 0 Å². The molecule has 2 rings (SSSR count). The lowest BCUT2D eigenvalue weighted by molar-refractivity contribution is 0.182. The molecular formula is C11H19N7O. The van der Waals surface area contributed by atoms with E-state index >= 15 is 0 Å². The molecule has 8 nitrogen and oxygen atoms in total. The molecule has 0 amide bonds. The van der Waals surface area contributed by atoms with E-state index in [0.29, 0.717) is 24.0 Å². The number of H-pyrrole nitrogens is 1. The summed E-state index contributed by atoms with van der Waals surface area (Å²) < 4.78 is 5.21. The highest BCUT2D eigenvalue weighted by molar-refractivity contribution is 5.87. The highest BCUT2D eigenvalue weighted by atomic mass is 16.5. The molecule has 0 aromatic carbocycles. The molecule has 0 aliphatic carbocycles. The number of aromatic nitrogens is 4. The fourth-order valence-electron chi connectivity index (χ4n) is 1.95. The minimum atomic E-state index is 0.189. The lowest BCUT2D eigenvalue weighted by atomic mass is 10.2. The van der Waals surface area contributed by atoms with Crippen molar-refractivity contribution in [3.63, 3.8) is 0 Å². The van der Waals surface area contributed by atoms with Crippen LogP contribution in [0.1, 0.15) is 19.8 Å². The van der Waals surface area contributed by atoms with Crippen LogP contribution in [0.25, 0.3) is 11.0 Å². The summed E-state index contributed by atoms with van der Waals surface area (Å²) in [5.74, 6) is 6.40. The molecule has 2 heterocycles. The van der Waals surface area contributed by atoms with Gasteiger partial charge in [-0.1, -0.05) is 13.3 Å². The third-order valence-corrected chi connectivity index (χ3v) is 2.78. The van der Waals surface area contributed by atoms with Crippen molar-refractivity contribution in [3.05, 3.63) is 6.20 Å². The van der Waals surface area contributed by atoms with Gasteiger partial charge in [-0.3, -0.25) is 10.5 Å². The van der Waals surface area contributed by atoms with Crippen molar-refractivity contribution < 1.29 is 4.74 Å². The summed E-state index contributed by atoms with van der Waals surface area (Å²) >= 11 is 0. The molecule has 0 aliphatic rings. The Hall–Kier alpha value is -1.93. The zero-order valence-electron chi connectivity index (χ0n) is 11.1. The average Bonchev–Trinajstić information content (AvgIpc) is 2.87. The summed E-state index contributed by atoms with van der Waals surface area (Å²) in [5, 5.41) is 11.0. The van der Waals surface area contributed by atoms with Gasteiger partial charge in [0.25, 0.3) is 0 Å². The molecule has 2 aromatic rings. The van der Waals surface area contributed by atoms with Gasteiger partial charge in [0.05, 0.1) is 24.2 Å². The fraction of sp³-hybridized carbons (Fsp3) is 0.545. The van der Waals surface area contributed by atoms with E-state index in [2.05, 4.69) is 37.8 Å². The molecule has 0 aliphatic heterocycles. The van der Waals surface area contributed by atoms with E-state index < -0.39 is 0 Å². The number of hydrogen-bond acceptors (Lipinski definition) is 7. The lowest BCUT2D eigenvalue weighted by Gasteiger charge is -2.18. The predicted octanol–water partition coefficient (Wildman–Crippen LogP) is 0.866. The standard InChI is InChI=1S/C11H19N7O/c1-3-4-7(6-19-2)14-9-8-5-13-18-10(8)16-11(15-9)17-12/h5,7H,3-4,6,12H2,1-2H3,(H3,13,14,15,16,17,18). The van der Waals surface area contributed by atoms with Gasteiger partial charge in [-0.15, -0.1) is 0 Å². The van der Waals surface area contributed by atoms with Crippen molar-refractivity contribution in [3.8, 4) is 0 Å². The van der Waals surface area contributed by atoms with Gasteiger partial charge in [0, 0.05) is 7.11 Å². The summed E-state index contributed by atoms with van der Waals surface area (Å²) in [6.45, 7) is 2.74. The second-order valence-corrected chi connectivity index (χ2v) is 4.26. The molecule has 0 bridgehead atoms. The van der Waals surface area contributed by atoms with Crippen LogP contribution in [0.15, 0.2) is 6.20 Å². The van der Waals surface area contributed by atoms with Crippen molar-refractivity contribution in [2.45, 2.75) is 25.8 Å². The maximum Gasteiger partial charge on any atom is 0.241 e. The summed E-state index contributed by atoms with van der Waals surface area (Å²) in [7, 11) is 1.69. The number of nitrogen functional groups attached to an aromatic ring is 1. The zero-order chi connectivity index (χ0) is 13.7. The van der Waals surface area contributed by atoms with E-state index in [1.54, 1.807) is 13.3 Å². The molecule has 0 spiro atoms. The third kappa shape index (κ3) is 3.09. The van der Waals surface area contributed by atoms with Gasteiger partial charge in [-0.05, 0) is 6.42 Å². The molecule has 0 radical (unpaired) electrons. The Kier molecular flexibility index (Phi) is 4.48. The first kappa shape index (κ1) is 13.5.